The van der Waals surface area contributed by atoms with Gasteiger partial charge in [0.25, 0.3) is 0 Å². The SMILES string of the molecule is CC(C)(C)OC(=O)N1C(=O)C2CCCC21C.CC(C)(C)OC(=O)NC1(C)CCCC1C(=O)O.CC(C)[C@@H]1CC[C@@H](C)C[C@H]1OC(=O)NC1CCCC1(C)N.CC(C)[C@@H]1CC[C@@H](C)C[C@H]1OC(=O)NC1CCCC1(C)NC(=O)OC(C)(C)C.CC12CCCC1C(=O)N2.CC1=CCCC1.COC(=O)C1CCCC1(C)NC(=O)OC(C)(C)C.Cl. The third-order valence-corrected chi connectivity index (χ3v) is 25.5. The molecule has 10 fully saturated rings. The number of methoxy groups -OCH3 is 1. The summed E-state index contributed by atoms with van der Waals surface area (Å²) in [6, 6.07) is -0.116. The maximum Gasteiger partial charge on any atom is 0.417 e. The first-order valence-electron chi connectivity index (χ1n) is 43.5. The molecule has 0 bridgehead atoms. The first-order chi connectivity index (χ1) is 52.9. The lowest BCUT2D eigenvalue weighted by molar-refractivity contribution is -0.162. The fourth-order valence-corrected chi connectivity index (χ4v) is 18.9. The van der Waals surface area contributed by atoms with Gasteiger partial charge in [0.15, 0.2) is 0 Å². The van der Waals surface area contributed by atoms with Crippen LogP contribution in [0.2, 0.25) is 0 Å². The van der Waals surface area contributed by atoms with Crippen LogP contribution < -0.4 is 37.6 Å². The van der Waals surface area contributed by atoms with E-state index in [1.807, 2.05) is 69.2 Å². The van der Waals surface area contributed by atoms with Crippen molar-refractivity contribution < 1.29 is 86.2 Å². The number of hydrogen-bond acceptors (Lipinski definition) is 18. The molecule has 9 aliphatic carbocycles. The molecule has 668 valence electrons. The lowest BCUT2D eigenvalue weighted by Crippen LogP contribution is -2.69. The molecule has 27 heteroatoms. The quantitative estimate of drug-likeness (QED) is 0.0412. The van der Waals surface area contributed by atoms with Gasteiger partial charge in [-0.3, -0.25) is 19.2 Å². The third kappa shape index (κ3) is 30.4. The number of amides is 8. The molecule has 0 aromatic carbocycles. The minimum Gasteiger partial charge on any atom is -0.481 e. The number of alkyl carbamates (subject to hydrolysis) is 5. The maximum atomic E-state index is 12.7. The van der Waals surface area contributed by atoms with Gasteiger partial charge in [-0.2, -0.15) is 0 Å². The Hall–Kier alpha value is -6.31. The Morgan fingerprint density at radius 2 is 0.922 bits per heavy atom. The summed E-state index contributed by atoms with van der Waals surface area (Å²) in [7, 11) is 1.37. The predicted molar refractivity (Wildman–Crippen MR) is 453 cm³/mol. The highest BCUT2D eigenvalue weighted by Crippen LogP contribution is 2.50. The van der Waals surface area contributed by atoms with E-state index in [2.05, 4.69) is 93.4 Å². The van der Waals surface area contributed by atoms with Crippen LogP contribution in [0.4, 0.5) is 28.8 Å². The molecule has 0 radical (unpaired) electrons. The summed E-state index contributed by atoms with van der Waals surface area (Å²) in [4.78, 5) is 119. The number of carboxylic acids is 1. The average Bonchev–Trinajstić information content (AvgIpc) is 1.38. The summed E-state index contributed by atoms with van der Waals surface area (Å²) in [5.74, 6) is 1.83. The number of nitrogens with two attached hydrogens (primary N) is 1. The molecule has 0 aromatic heterocycles. The van der Waals surface area contributed by atoms with Crippen LogP contribution in [0.5, 0.6) is 0 Å². The van der Waals surface area contributed by atoms with Crippen molar-refractivity contribution in [3.05, 3.63) is 11.6 Å². The van der Waals surface area contributed by atoms with Crippen LogP contribution in [0.25, 0.3) is 0 Å². The fraction of sp³-hybridized carbons (Fsp3) is 0.865. The van der Waals surface area contributed by atoms with Crippen LogP contribution in [0, 0.1) is 59.2 Å². The number of nitrogens with zero attached hydrogens (tertiary/aromatic N) is 1. The smallest absolute Gasteiger partial charge is 0.417 e. The molecule has 18 atom stereocenters. The maximum absolute atomic E-state index is 12.7. The number of likely N-dealkylation sites (tertiary alicyclic amines) is 1. The van der Waals surface area contributed by atoms with E-state index >= 15 is 0 Å². The summed E-state index contributed by atoms with van der Waals surface area (Å²) < 4.78 is 37.5. The monoisotopic (exact) mass is 1660 g/mol. The molecule has 26 nitrogen and oxygen atoms in total. The number of allylic oxidation sites excluding steroid dienone is 2. The van der Waals surface area contributed by atoms with Gasteiger partial charge in [-0.25, -0.2) is 33.7 Å². The first-order valence-corrected chi connectivity index (χ1v) is 43.5. The molecule has 11 aliphatic rings. The zero-order chi connectivity index (χ0) is 87.0. The molecule has 2 aliphatic heterocycles. The van der Waals surface area contributed by atoms with Crippen molar-refractivity contribution in [1.29, 1.82) is 0 Å². The normalized spacial score (nSPS) is 33.3. The highest BCUT2D eigenvalue weighted by atomic mass is 35.5. The van der Waals surface area contributed by atoms with E-state index < -0.39 is 75.3 Å². The number of imide groups is 1. The van der Waals surface area contributed by atoms with Gasteiger partial charge < -0.3 is 75.9 Å². The molecular formula is C89H157ClN8O18. The Kier molecular flexibility index (Phi) is 37.2. The number of esters is 1. The number of hydrogen-bond donors (Lipinski definition) is 8. The Morgan fingerprint density at radius 1 is 0.517 bits per heavy atom. The van der Waals surface area contributed by atoms with Gasteiger partial charge in [-0.1, -0.05) is 91.7 Å². The van der Waals surface area contributed by atoms with E-state index in [4.69, 9.17) is 44.0 Å². The van der Waals surface area contributed by atoms with Crippen molar-refractivity contribution in [2.45, 2.75) is 426 Å². The highest BCUT2D eigenvalue weighted by molar-refractivity contribution is 6.01. The molecule has 11 rings (SSSR count). The Morgan fingerprint density at radius 3 is 1.31 bits per heavy atom. The molecule has 9 N–H and O–H groups in total. The lowest BCUT2D eigenvalue weighted by atomic mass is 9.75. The number of halogens is 1. The standard InChI is InChI=1S/C22H40N2O4.C17H32N2O2.C13H23NO4.C12H21NO4.C12H19NO3.C7H11NO.C6H10.ClH/c1-14(2)16-11-10-15(3)13-17(16)27-19(25)23-18-9-8-12-22(18,7)24-20(26)28-21(4,5)6;1-11(2)13-8-7-12(3)10-14(13)21-16(20)19-15-6-5-9-17(15,4)18;1-12(2,3)18-11(16)14-13(4)8-6-7-9(13)10(15)17-5;1-11(2,3)17-10(16)13-12(4)7-5-6-8(12)9(14)15;1-11(2,3)16-10(15)13-9(14)8-6-5-7-12(8,13)4;1-7-4-2-3-5(7)6(9)8-7;1-6-4-2-3-5-6;/h14-18H,8-13H2,1-7H3,(H,23,25)(H,24,26);11-15H,5-10,18H2,1-4H3,(H,19,20);9H,6-8H2,1-5H3,(H,14,16);8H,5-7H2,1-4H3,(H,13,16)(H,14,15);8H,5-7H2,1-4H3;5H,2-4H2,1H3,(H,8,9);4H,2-3,5H2,1H3;1H/t15-,16+,17-,18?,22?;12-,13+,14-,15?,17?;;;;;;/m11....../s1. The van der Waals surface area contributed by atoms with Crippen molar-refractivity contribution in [1.82, 2.24) is 36.8 Å². The van der Waals surface area contributed by atoms with Crippen LogP contribution in [0.15, 0.2) is 11.6 Å². The zero-order valence-electron chi connectivity index (χ0n) is 76.1. The average molecular weight is 1660 g/mol. The van der Waals surface area contributed by atoms with E-state index in [9.17, 15) is 47.9 Å². The molecule has 0 aromatic rings. The number of rotatable bonds is 11. The third-order valence-electron chi connectivity index (χ3n) is 25.5. The fourth-order valence-electron chi connectivity index (χ4n) is 18.9. The molecule has 2 saturated heterocycles. The number of carbonyl (C=O) groups is 10. The van der Waals surface area contributed by atoms with Crippen LogP contribution in [0.3, 0.4) is 0 Å². The lowest BCUT2D eigenvalue weighted by Gasteiger charge is -2.50. The van der Waals surface area contributed by atoms with Crippen molar-refractivity contribution in [3.63, 3.8) is 0 Å². The second-order valence-corrected chi connectivity index (χ2v) is 41.4. The number of carboxylic acid groups (broad SMARTS) is 1. The Labute approximate surface area is 702 Å². The van der Waals surface area contributed by atoms with Gasteiger partial charge in [0.1, 0.15) is 34.6 Å². The van der Waals surface area contributed by atoms with Gasteiger partial charge in [-0.05, 0) is 302 Å². The minimum absolute atomic E-state index is 0. The summed E-state index contributed by atoms with van der Waals surface area (Å²) in [5.41, 5.74) is 3.43. The van der Waals surface area contributed by atoms with E-state index in [1.54, 1.807) is 54.0 Å². The van der Waals surface area contributed by atoms with Gasteiger partial charge in [0.05, 0.1) is 59.0 Å². The highest BCUT2D eigenvalue weighted by Gasteiger charge is 2.63. The van der Waals surface area contributed by atoms with Crippen molar-refractivity contribution in [2.24, 2.45) is 64.9 Å². The molecule has 0 spiro atoms. The van der Waals surface area contributed by atoms with Crippen LogP contribution >= 0.6 is 12.4 Å². The van der Waals surface area contributed by atoms with E-state index in [-0.39, 0.29) is 95.1 Å². The number of nitrogens with one attached hydrogen (secondary N) is 6. The molecular weight excluding hydrogens is 1500 g/mol. The molecule has 8 amide bonds. The minimum atomic E-state index is -0.860. The van der Waals surface area contributed by atoms with Crippen molar-refractivity contribution >= 4 is 72.7 Å². The van der Waals surface area contributed by atoms with Crippen LogP contribution in [-0.2, 0) is 52.3 Å². The van der Waals surface area contributed by atoms with Crippen LogP contribution in [0.1, 0.15) is 346 Å². The molecule has 2 heterocycles. The number of ether oxygens (including phenoxy) is 7. The van der Waals surface area contributed by atoms with Crippen molar-refractivity contribution in [2.75, 3.05) is 7.11 Å². The topological polar surface area (TPSA) is 357 Å². The molecule has 116 heavy (non-hydrogen) atoms. The summed E-state index contributed by atoms with van der Waals surface area (Å²) in [6.07, 6.45) is 26.8. The van der Waals surface area contributed by atoms with Gasteiger partial charge in [0, 0.05) is 17.1 Å². The summed E-state index contributed by atoms with van der Waals surface area (Å²) in [6.45, 7) is 49.0. The van der Waals surface area contributed by atoms with Gasteiger partial charge in [-0.15, -0.1) is 12.4 Å². The van der Waals surface area contributed by atoms with E-state index in [1.165, 1.54) is 57.0 Å². The summed E-state index contributed by atoms with van der Waals surface area (Å²) in [5, 5.41) is 26.6. The van der Waals surface area contributed by atoms with Crippen molar-refractivity contribution in [3.8, 4) is 0 Å². The number of carbonyl (C=O) groups excluding carboxylic acids is 9. The molecule has 8 saturated carbocycles. The van der Waals surface area contributed by atoms with Gasteiger partial charge in [0.2, 0.25) is 11.8 Å². The Bertz CT molecular complexity index is 3320. The number of aliphatic carboxylic acids is 1. The summed E-state index contributed by atoms with van der Waals surface area (Å²) >= 11 is 0. The van der Waals surface area contributed by atoms with Gasteiger partial charge >= 0.3 is 48.5 Å². The largest absolute Gasteiger partial charge is 0.481 e. The molecule has 12 unspecified atom stereocenters. The zero-order valence-corrected chi connectivity index (χ0v) is 76.9. The van der Waals surface area contributed by atoms with E-state index in [0.29, 0.717) is 54.3 Å². The van der Waals surface area contributed by atoms with Crippen LogP contribution in [-0.4, -0.2) is 157 Å². The predicted octanol–water partition coefficient (Wildman–Crippen LogP) is 18.4. The Balaban J connectivity index is 0.000000294. The van der Waals surface area contributed by atoms with E-state index in [0.717, 1.165) is 116 Å². The number of β-lactam (4-membered cyclic amide) rings is 2. The second kappa shape index (κ2) is 42.3. The second-order valence-electron chi connectivity index (χ2n) is 41.4. The number of fused-ring (bicyclic) bond motifs is 2. The first kappa shape index (κ1) is 102.